The van der Waals surface area contributed by atoms with Gasteiger partial charge in [-0.1, -0.05) is 12.1 Å². The summed E-state index contributed by atoms with van der Waals surface area (Å²) in [5.74, 6) is -4.89. The molecule has 1 fully saturated rings. The molecule has 1 saturated heterocycles. The van der Waals surface area contributed by atoms with Gasteiger partial charge in [0.15, 0.2) is 0 Å². The topological polar surface area (TPSA) is 62.1 Å². The first-order chi connectivity index (χ1) is 8.53. The third-order valence-corrected chi connectivity index (χ3v) is 2.62. The monoisotopic (exact) mass is 252 g/mol. The highest BCUT2D eigenvalue weighted by molar-refractivity contribution is 5.79. The number of hydrogen-bond donors (Lipinski definition) is 1. The van der Waals surface area contributed by atoms with Gasteiger partial charge in [0.05, 0.1) is 24.2 Å². The van der Waals surface area contributed by atoms with E-state index in [0.29, 0.717) is 11.3 Å². The summed E-state index contributed by atoms with van der Waals surface area (Å²) in [7, 11) is 0. The van der Waals surface area contributed by atoms with Gasteiger partial charge in [-0.15, -0.1) is 0 Å². The Bertz CT molecular complexity index is 511. The van der Waals surface area contributed by atoms with Gasteiger partial charge in [0.25, 0.3) is 0 Å². The van der Waals surface area contributed by atoms with Crippen molar-refractivity contribution in [2.45, 2.75) is 18.4 Å². The van der Waals surface area contributed by atoms with Crippen molar-refractivity contribution >= 4 is 11.7 Å². The van der Waals surface area contributed by atoms with E-state index < -0.39 is 24.4 Å². The Morgan fingerprint density at radius 1 is 1.50 bits per heavy atom. The summed E-state index contributed by atoms with van der Waals surface area (Å²) >= 11 is 0. The number of para-hydroxylation sites is 1. The van der Waals surface area contributed by atoms with Crippen molar-refractivity contribution in [2.24, 2.45) is 0 Å². The van der Waals surface area contributed by atoms with Crippen LogP contribution in [0.25, 0.3) is 0 Å². The van der Waals surface area contributed by atoms with E-state index in [1.165, 1.54) is 0 Å². The number of nitrogens with one attached hydrogen (secondary N) is 1. The smallest absolute Gasteiger partial charge is 0.377 e. The first-order valence-electron chi connectivity index (χ1n) is 5.35. The van der Waals surface area contributed by atoms with Crippen LogP contribution in [0.2, 0.25) is 0 Å². The van der Waals surface area contributed by atoms with E-state index in [9.17, 15) is 13.6 Å². The number of benzene rings is 1. The lowest BCUT2D eigenvalue weighted by molar-refractivity contribution is -0.158. The molecule has 1 N–H and O–H groups in total. The molecule has 1 aliphatic heterocycles. The van der Waals surface area contributed by atoms with Crippen molar-refractivity contribution < 1.29 is 18.3 Å². The molecule has 0 aromatic heterocycles. The minimum atomic E-state index is -3.40. The van der Waals surface area contributed by atoms with Crippen molar-refractivity contribution in [1.82, 2.24) is 0 Å². The first kappa shape index (κ1) is 12.3. The second-order valence-corrected chi connectivity index (χ2v) is 3.97. The molecule has 0 amide bonds. The van der Waals surface area contributed by atoms with Crippen LogP contribution >= 0.6 is 0 Å². The van der Waals surface area contributed by atoms with Crippen LogP contribution in [0.15, 0.2) is 24.3 Å². The highest BCUT2D eigenvalue weighted by Crippen LogP contribution is 2.31. The van der Waals surface area contributed by atoms with Gasteiger partial charge in [-0.2, -0.15) is 14.0 Å². The van der Waals surface area contributed by atoms with Crippen molar-refractivity contribution in [3.63, 3.8) is 0 Å². The normalized spacial score (nSPS) is 21.2. The van der Waals surface area contributed by atoms with Crippen molar-refractivity contribution in [3.05, 3.63) is 29.8 Å². The van der Waals surface area contributed by atoms with Crippen molar-refractivity contribution in [1.29, 1.82) is 5.26 Å². The van der Waals surface area contributed by atoms with E-state index in [1.54, 1.807) is 24.3 Å². The van der Waals surface area contributed by atoms with Gasteiger partial charge >= 0.3 is 11.9 Å². The number of carbonyl (C=O) groups is 1. The SMILES string of the molecule is N#Cc1ccccc1NCC1CC(F)(F)C(=O)O1. The van der Waals surface area contributed by atoms with Crippen LogP contribution in [0, 0.1) is 11.3 Å². The van der Waals surface area contributed by atoms with Crippen molar-refractivity contribution in [2.75, 3.05) is 11.9 Å². The Kier molecular flexibility index (Phi) is 3.15. The molecule has 0 spiro atoms. The quantitative estimate of drug-likeness (QED) is 0.835. The number of anilines is 1. The molecule has 1 heterocycles. The average Bonchev–Trinajstić information content (AvgIpc) is 2.61. The lowest BCUT2D eigenvalue weighted by Crippen LogP contribution is -2.22. The van der Waals surface area contributed by atoms with Crippen LogP contribution in [0.4, 0.5) is 14.5 Å². The molecule has 0 radical (unpaired) electrons. The molecule has 0 aliphatic carbocycles. The number of esters is 1. The Labute approximate surface area is 102 Å². The van der Waals surface area contributed by atoms with E-state index in [-0.39, 0.29) is 6.54 Å². The van der Waals surface area contributed by atoms with Gasteiger partial charge in [-0.3, -0.25) is 0 Å². The molecule has 0 bridgehead atoms. The van der Waals surface area contributed by atoms with E-state index in [1.807, 2.05) is 6.07 Å². The fourth-order valence-electron chi connectivity index (χ4n) is 1.72. The Morgan fingerprint density at radius 3 is 2.83 bits per heavy atom. The summed E-state index contributed by atoms with van der Waals surface area (Å²) in [6.45, 7) is 0.0556. The lowest BCUT2D eigenvalue weighted by atomic mass is 10.1. The summed E-state index contributed by atoms with van der Waals surface area (Å²) in [6, 6.07) is 8.67. The molecule has 1 aliphatic rings. The maximum atomic E-state index is 12.9. The molecule has 1 atom stereocenters. The van der Waals surface area contributed by atoms with Gasteiger partial charge in [-0.25, -0.2) is 4.79 Å². The molecule has 18 heavy (non-hydrogen) atoms. The summed E-state index contributed by atoms with van der Waals surface area (Å²) < 4.78 is 30.3. The molecule has 1 aromatic carbocycles. The number of rotatable bonds is 3. The Balaban J connectivity index is 1.98. The van der Waals surface area contributed by atoms with Gasteiger partial charge in [0, 0.05) is 0 Å². The molecule has 1 unspecified atom stereocenters. The standard InChI is InChI=1S/C12H10F2N2O2/c13-12(14)5-9(18-11(12)17)7-16-10-4-2-1-3-8(10)6-15/h1-4,9,16H,5,7H2. The predicted molar refractivity (Wildman–Crippen MR) is 59.1 cm³/mol. The number of hydrogen-bond acceptors (Lipinski definition) is 4. The maximum absolute atomic E-state index is 12.9. The third kappa shape index (κ3) is 2.40. The van der Waals surface area contributed by atoms with E-state index in [0.717, 1.165) is 0 Å². The van der Waals surface area contributed by atoms with Crippen molar-refractivity contribution in [3.8, 4) is 6.07 Å². The highest BCUT2D eigenvalue weighted by atomic mass is 19.3. The Hall–Kier alpha value is -2.16. The number of alkyl halides is 2. The van der Waals surface area contributed by atoms with Crippen LogP contribution in [0.1, 0.15) is 12.0 Å². The van der Waals surface area contributed by atoms with Crippen LogP contribution < -0.4 is 5.32 Å². The molecule has 2 rings (SSSR count). The predicted octanol–water partition coefficient (Wildman–Crippen LogP) is 1.92. The molecule has 6 heteroatoms. The van der Waals surface area contributed by atoms with E-state index in [2.05, 4.69) is 10.1 Å². The molecule has 4 nitrogen and oxygen atoms in total. The summed E-state index contributed by atoms with van der Waals surface area (Å²) in [5.41, 5.74) is 0.944. The second kappa shape index (κ2) is 4.61. The van der Waals surface area contributed by atoms with Gasteiger partial charge in [0.2, 0.25) is 0 Å². The number of nitriles is 1. The highest BCUT2D eigenvalue weighted by Gasteiger charge is 2.50. The summed E-state index contributed by atoms with van der Waals surface area (Å²) in [6.07, 6.45) is -1.51. The van der Waals surface area contributed by atoms with Crippen LogP contribution in [-0.4, -0.2) is 24.5 Å². The van der Waals surface area contributed by atoms with E-state index in [4.69, 9.17) is 5.26 Å². The average molecular weight is 252 g/mol. The summed E-state index contributed by atoms with van der Waals surface area (Å²) in [5, 5.41) is 11.7. The second-order valence-electron chi connectivity index (χ2n) is 3.97. The zero-order chi connectivity index (χ0) is 13.2. The molecule has 0 saturated carbocycles. The van der Waals surface area contributed by atoms with E-state index >= 15 is 0 Å². The summed E-state index contributed by atoms with van der Waals surface area (Å²) in [4.78, 5) is 10.8. The third-order valence-electron chi connectivity index (χ3n) is 2.62. The first-order valence-corrected chi connectivity index (χ1v) is 5.35. The minimum Gasteiger partial charge on any atom is -0.456 e. The number of carbonyl (C=O) groups excluding carboxylic acids is 1. The van der Waals surface area contributed by atoms with Gasteiger partial charge in [0.1, 0.15) is 12.2 Å². The minimum absolute atomic E-state index is 0.0556. The van der Waals surface area contributed by atoms with Crippen LogP contribution in [0.5, 0.6) is 0 Å². The fraction of sp³-hybridized carbons (Fsp3) is 0.333. The number of nitrogens with zero attached hydrogens (tertiary/aromatic N) is 1. The van der Waals surface area contributed by atoms with Crippen LogP contribution in [-0.2, 0) is 9.53 Å². The fourth-order valence-corrected chi connectivity index (χ4v) is 1.72. The largest absolute Gasteiger partial charge is 0.456 e. The Morgan fingerprint density at radius 2 is 2.22 bits per heavy atom. The zero-order valence-corrected chi connectivity index (χ0v) is 9.32. The zero-order valence-electron chi connectivity index (χ0n) is 9.32. The molecule has 1 aromatic rings. The maximum Gasteiger partial charge on any atom is 0.377 e. The lowest BCUT2D eigenvalue weighted by Gasteiger charge is -2.11. The molecular formula is C12H10F2N2O2. The molecular weight excluding hydrogens is 242 g/mol. The van der Waals surface area contributed by atoms with Crippen LogP contribution in [0.3, 0.4) is 0 Å². The number of ether oxygens (including phenoxy) is 1. The molecule has 94 valence electrons. The number of cyclic esters (lactones) is 1. The number of halogens is 2. The van der Waals surface area contributed by atoms with Gasteiger partial charge < -0.3 is 10.1 Å². The van der Waals surface area contributed by atoms with Gasteiger partial charge in [-0.05, 0) is 12.1 Å².